The average molecular weight is 215 g/mol. The first-order valence-electron chi connectivity index (χ1n) is 3.90. The van der Waals surface area contributed by atoms with Gasteiger partial charge in [0, 0.05) is 6.07 Å². The van der Waals surface area contributed by atoms with Crippen molar-refractivity contribution in [2.45, 2.75) is 0 Å². The monoisotopic (exact) mass is 214 g/mol. The lowest BCUT2D eigenvalue weighted by molar-refractivity contribution is 0.0959. The Morgan fingerprint density at radius 2 is 2.36 bits per heavy atom. The third-order valence-electron chi connectivity index (χ3n) is 2.01. The summed E-state index contributed by atoms with van der Waals surface area (Å²) in [6, 6.07) is 1.30. The maximum absolute atomic E-state index is 11.3. The van der Waals surface area contributed by atoms with Gasteiger partial charge in [-0.2, -0.15) is 0 Å². The van der Waals surface area contributed by atoms with E-state index in [4.69, 9.17) is 21.1 Å². The number of carbonyl (C=O) groups excluding carboxylic acids is 1. The molecular weight excluding hydrogens is 208 g/mol. The maximum Gasteiger partial charge on any atom is 0.207 e. The quantitative estimate of drug-likeness (QED) is 0.772. The average Bonchev–Trinajstić information content (AvgIpc) is 2.54. The molecule has 0 amide bonds. The van der Waals surface area contributed by atoms with E-state index in [1.54, 1.807) is 0 Å². The summed E-state index contributed by atoms with van der Waals surface area (Å²) in [4.78, 5) is 11.3. The molecule has 0 unspecified atom stereocenters. The molecule has 2 rings (SSSR count). The standard InChI is InChI=1S/C9H7ClO4/c1-13-6-2-4(11)7-5(12)3-14-9(7)8(6)10/h2,11H,3H2,1H3. The Labute approximate surface area is 85.0 Å². The van der Waals surface area contributed by atoms with Crippen LogP contribution in [0.3, 0.4) is 0 Å². The Kier molecular flexibility index (Phi) is 2.00. The summed E-state index contributed by atoms with van der Waals surface area (Å²) in [5, 5.41) is 9.71. The van der Waals surface area contributed by atoms with Crippen LogP contribution in [0.2, 0.25) is 5.02 Å². The van der Waals surface area contributed by atoms with Gasteiger partial charge in [0.25, 0.3) is 0 Å². The first kappa shape index (κ1) is 9.15. The van der Waals surface area contributed by atoms with Crippen LogP contribution in [0.1, 0.15) is 10.4 Å². The lowest BCUT2D eigenvalue weighted by atomic mass is 10.1. The highest BCUT2D eigenvalue weighted by Crippen LogP contribution is 2.44. The van der Waals surface area contributed by atoms with Crippen LogP contribution < -0.4 is 9.47 Å². The van der Waals surface area contributed by atoms with Gasteiger partial charge in [-0.15, -0.1) is 0 Å². The molecule has 0 saturated carbocycles. The van der Waals surface area contributed by atoms with E-state index in [2.05, 4.69) is 0 Å². The number of phenolic OH excluding ortho intramolecular Hbond substituents is 1. The predicted molar refractivity (Wildman–Crippen MR) is 49.5 cm³/mol. The van der Waals surface area contributed by atoms with Gasteiger partial charge >= 0.3 is 0 Å². The second-order valence-corrected chi connectivity index (χ2v) is 3.21. The minimum atomic E-state index is -0.276. The molecule has 74 valence electrons. The molecule has 5 heteroatoms. The van der Waals surface area contributed by atoms with Crippen LogP contribution in [0.4, 0.5) is 0 Å². The number of fused-ring (bicyclic) bond motifs is 1. The summed E-state index contributed by atoms with van der Waals surface area (Å²) in [5.74, 6) is 0.0527. The van der Waals surface area contributed by atoms with Crippen LogP contribution in [-0.2, 0) is 0 Å². The Balaban J connectivity index is 2.70. The Morgan fingerprint density at radius 1 is 1.64 bits per heavy atom. The summed E-state index contributed by atoms with van der Waals surface area (Å²) in [7, 11) is 1.42. The summed E-state index contributed by atoms with van der Waals surface area (Å²) in [5.41, 5.74) is 0.135. The smallest absolute Gasteiger partial charge is 0.207 e. The topological polar surface area (TPSA) is 55.8 Å². The van der Waals surface area contributed by atoms with Crippen LogP contribution >= 0.6 is 11.6 Å². The van der Waals surface area contributed by atoms with Crippen molar-refractivity contribution in [2.75, 3.05) is 13.7 Å². The van der Waals surface area contributed by atoms with E-state index < -0.39 is 0 Å². The molecule has 0 saturated heterocycles. The number of methoxy groups -OCH3 is 1. The minimum absolute atomic E-state index is 0.0875. The van der Waals surface area contributed by atoms with Crippen molar-refractivity contribution < 1.29 is 19.4 Å². The summed E-state index contributed by atoms with van der Waals surface area (Å²) >= 11 is 5.88. The van der Waals surface area contributed by atoms with Gasteiger partial charge in [-0.1, -0.05) is 11.6 Å². The number of ether oxygens (including phenoxy) is 2. The van der Waals surface area contributed by atoms with Crippen molar-refractivity contribution in [2.24, 2.45) is 0 Å². The molecule has 4 nitrogen and oxygen atoms in total. The van der Waals surface area contributed by atoms with Crippen LogP contribution in [0.15, 0.2) is 6.07 Å². The first-order chi connectivity index (χ1) is 6.65. The molecule has 1 aromatic rings. The number of phenols is 1. The predicted octanol–water partition coefficient (Wildman–Crippen LogP) is 1.63. The van der Waals surface area contributed by atoms with E-state index >= 15 is 0 Å². The Morgan fingerprint density at radius 3 is 3.00 bits per heavy atom. The maximum atomic E-state index is 11.3. The minimum Gasteiger partial charge on any atom is -0.507 e. The third kappa shape index (κ3) is 1.11. The molecule has 1 aliphatic heterocycles. The van der Waals surface area contributed by atoms with Gasteiger partial charge < -0.3 is 14.6 Å². The van der Waals surface area contributed by atoms with Gasteiger partial charge in [-0.25, -0.2) is 0 Å². The Bertz CT molecular complexity index is 414. The molecule has 1 aliphatic rings. The van der Waals surface area contributed by atoms with Crippen LogP contribution in [0.25, 0.3) is 0 Å². The third-order valence-corrected chi connectivity index (χ3v) is 2.37. The van der Waals surface area contributed by atoms with E-state index in [0.29, 0.717) is 0 Å². The number of aromatic hydroxyl groups is 1. The van der Waals surface area contributed by atoms with Crippen molar-refractivity contribution >= 4 is 17.4 Å². The van der Waals surface area contributed by atoms with Crippen molar-refractivity contribution in [3.63, 3.8) is 0 Å². The number of Topliss-reactive ketones (excluding diaryl/α,β-unsaturated/α-hetero) is 1. The molecular formula is C9H7ClO4. The van der Waals surface area contributed by atoms with E-state index in [9.17, 15) is 9.90 Å². The van der Waals surface area contributed by atoms with Crippen LogP contribution in [-0.4, -0.2) is 24.6 Å². The lowest BCUT2D eigenvalue weighted by Gasteiger charge is -2.07. The highest BCUT2D eigenvalue weighted by atomic mass is 35.5. The van der Waals surface area contributed by atoms with Gasteiger partial charge in [0.15, 0.2) is 12.4 Å². The molecule has 0 aliphatic carbocycles. The van der Waals surface area contributed by atoms with Crippen LogP contribution in [0, 0.1) is 0 Å². The number of hydrogen-bond acceptors (Lipinski definition) is 4. The number of halogens is 1. The molecule has 0 fully saturated rings. The van der Waals surface area contributed by atoms with Crippen molar-refractivity contribution in [3.05, 3.63) is 16.7 Å². The molecule has 1 heterocycles. The fraction of sp³-hybridized carbons (Fsp3) is 0.222. The summed E-state index contributed by atoms with van der Waals surface area (Å²) < 4.78 is 9.95. The second-order valence-electron chi connectivity index (χ2n) is 2.83. The van der Waals surface area contributed by atoms with E-state index in [1.807, 2.05) is 0 Å². The largest absolute Gasteiger partial charge is 0.507 e. The highest BCUT2D eigenvalue weighted by Gasteiger charge is 2.29. The molecule has 0 spiro atoms. The van der Waals surface area contributed by atoms with Crippen molar-refractivity contribution in [1.29, 1.82) is 0 Å². The summed E-state index contributed by atoms with van der Waals surface area (Å²) in [6.45, 7) is -0.0875. The lowest BCUT2D eigenvalue weighted by Crippen LogP contribution is -1.99. The van der Waals surface area contributed by atoms with E-state index in [0.717, 1.165) is 0 Å². The molecule has 0 aromatic heterocycles. The molecule has 0 bridgehead atoms. The molecule has 1 N–H and O–H groups in total. The number of carbonyl (C=O) groups is 1. The molecule has 0 atom stereocenters. The van der Waals surface area contributed by atoms with Crippen molar-refractivity contribution in [3.8, 4) is 17.2 Å². The number of rotatable bonds is 1. The highest BCUT2D eigenvalue weighted by molar-refractivity contribution is 6.34. The van der Waals surface area contributed by atoms with E-state index in [1.165, 1.54) is 13.2 Å². The number of ketones is 1. The van der Waals surface area contributed by atoms with Gasteiger partial charge in [-0.3, -0.25) is 4.79 Å². The zero-order valence-electron chi connectivity index (χ0n) is 7.33. The van der Waals surface area contributed by atoms with Gasteiger partial charge in [0.2, 0.25) is 5.78 Å². The molecule has 14 heavy (non-hydrogen) atoms. The fourth-order valence-electron chi connectivity index (χ4n) is 1.36. The zero-order chi connectivity index (χ0) is 10.3. The summed E-state index contributed by atoms with van der Waals surface area (Å²) in [6.07, 6.45) is 0. The number of hydrogen-bond donors (Lipinski definition) is 1. The SMILES string of the molecule is COc1cc(O)c2c(c1Cl)OCC2=O. The van der Waals surface area contributed by atoms with Gasteiger partial charge in [-0.05, 0) is 0 Å². The van der Waals surface area contributed by atoms with Gasteiger partial charge in [0.05, 0.1) is 7.11 Å². The first-order valence-corrected chi connectivity index (χ1v) is 4.28. The zero-order valence-corrected chi connectivity index (χ0v) is 8.09. The van der Waals surface area contributed by atoms with E-state index in [-0.39, 0.29) is 40.2 Å². The van der Waals surface area contributed by atoms with Crippen LogP contribution in [0.5, 0.6) is 17.2 Å². The van der Waals surface area contributed by atoms with Crippen molar-refractivity contribution in [1.82, 2.24) is 0 Å². The molecule has 0 radical (unpaired) electrons. The second kappa shape index (κ2) is 3.06. The molecule has 1 aromatic carbocycles. The van der Waals surface area contributed by atoms with Gasteiger partial charge in [0.1, 0.15) is 22.1 Å². The number of benzene rings is 1. The Hall–Kier alpha value is -1.42. The fourth-order valence-corrected chi connectivity index (χ4v) is 1.64. The normalized spacial score (nSPS) is 13.7.